The predicted octanol–water partition coefficient (Wildman–Crippen LogP) is 2.84. The topological polar surface area (TPSA) is 73.2 Å². The quantitative estimate of drug-likeness (QED) is 0.682. The summed E-state index contributed by atoms with van der Waals surface area (Å²) in [6, 6.07) is 13.0. The van der Waals surface area contributed by atoms with Gasteiger partial charge in [-0.25, -0.2) is 4.98 Å². The van der Waals surface area contributed by atoms with Gasteiger partial charge in [0.1, 0.15) is 18.1 Å². The van der Waals surface area contributed by atoms with Crippen LogP contribution in [0.4, 0.5) is 0 Å². The number of aromatic nitrogens is 2. The average Bonchev–Trinajstić information content (AvgIpc) is 2.67. The monoisotopic (exact) mass is 365 g/mol. The smallest absolute Gasteiger partial charge is 0.272 e. The summed E-state index contributed by atoms with van der Waals surface area (Å²) in [6.07, 6.45) is 0. The number of nitrogens with one attached hydrogen (secondary N) is 1. The van der Waals surface area contributed by atoms with Crippen LogP contribution in [0.5, 0.6) is 5.75 Å². The van der Waals surface area contributed by atoms with E-state index >= 15 is 0 Å². The summed E-state index contributed by atoms with van der Waals surface area (Å²) >= 11 is 0. The third-order valence-corrected chi connectivity index (χ3v) is 4.36. The van der Waals surface area contributed by atoms with Crippen LogP contribution in [0.3, 0.4) is 0 Å². The van der Waals surface area contributed by atoms with E-state index in [9.17, 15) is 9.59 Å². The lowest BCUT2D eigenvalue weighted by Crippen LogP contribution is -2.28. The molecule has 140 valence electrons. The van der Waals surface area contributed by atoms with Crippen LogP contribution in [-0.4, -0.2) is 28.6 Å². The van der Waals surface area contributed by atoms with Crippen molar-refractivity contribution in [3.05, 3.63) is 69.6 Å². The first-order valence-corrected chi connectivity index (χ1v) is 8.98. The van der Waals surface area contributed by atoms with Gasteiger partial charge in [-0.2, -0.15) is 0 Å². The third kappa shape index (κ3) is 4.16. The number of benzene rings is 2. The maximum Gasteiger partial charge on any atom is 0.272 e. The minimum absolute atomic E-state index is 0.101. The molecule has 1 amide bonds. The Kier molecular flexibility index (Phi) is 5.54. The Morgan fingerprint density at radius 1 is 1.15 bits per heavy atom. The summed E-state index contributed by atoms with van der Waals surface area (Å²) in [5.41, 5.74) is 3.36. The van der Waals surface area contributed by atoms with Gasteiger partial charge in [0, 0.05) is 12.1 Å². The molecule has 0 spiro atoms. The summed E-state index contributed by atoms with van der Waals surface area (Å²) in [4.78, 5) is 28.9. The molecule has 0 atom stereocenters. The first-order valence-electron chi connectivity index (χ1n) is 8.98. The van der Waals surface area contributed by atoms with E-state index in [1.807, 2.05) is 38.1 Å². The number of fused-ring (bicyclic) bond motifs is 1. The van der Waals surface area contributed by atoms with Gasteiger partial charge < -0.3 is 14.6 Å². The van der Waals surface area contributed by atoms with E-state index in [0.29, 0.717) is 36.5 Å². The Labute approximate surface area is 157 Å². The molecular formula is C21H23N3O3. The molecule has 0 radical (unpaired) electrons. The highest BCUT2D eigenvalue weighted by atomic mass is 16.5. The molecule has 1 aromatic heterocycles. The van der Waals surface area contributed by atoms with E-state index in [1.54, 1.807) is 29.7 Å². The Balaban J connectivity index is 1.66. The number of carbonyl (C=O) groups excluding carboxylic acids is 1. The van der Waals surface area contributed by atoms with Gasteiger partial charge in [0.2, 0.25) is 0 Å². The Hall–Kier alpha value is -3.15. The standard InChI is InChI=1S/C21H23N3O3/c1-4-24-19-10-7-16(13-18(19)23-15(3)21(24)26)20(25)22-11-12-27-17-8-5-14(2)6-9-17/h5-10,13H,4,11-12H2,1-3H3,(H,22,25). The largest absolute Gasteiger partial charge is 0.492 e. The summed E-state index contributed by atoms with van der Waals surface area (Å²) in [7, 11) is 0. The predicted molar refractivity (Wildman–Crippen MR) is 105 cm³/mol. The minimum Gasteiger partial charge on any atom is -0.492 e. The number of hydrogen-bond donors (Lipinski definition) is 1. The van der Waals surface area contributed by atoms with E-state index in [4.69, 9.17) is 4.74 Å². The highest BCUT2D eigenvalue weighted by Gasteiger charge is 2.11. The molecule has 1 N–H and O–H groups in total. The zero-order valence-corrected chi connectivity index (χ0v) is 15.8. The highest BCUT2D eigenvalue weighted by molar-refractivity contribution is 5.97. The molecular weight excluding hydrogens is 342 g/mol. The van der Waals surface area contributed by atoms with Crippen LogP contribution in [-0.2, 0) is 6.54 Å². The third-order valence-electron chi connectivity index (χ3n) is 4.36. The first-order chi connectivity index (χ1) is 13.0. The van der Waals surface area contributed by atoms with Crippen LogP contribution in [0.2, 0.25) is 0 Å². The summed E-state index contributed by atoms with van der Waals surface area (Å²) in [5, 5.41) is 2.84. The fourth-order valence-corrected chi connectivity index (χ4v) is 2.90. The molecule has 6 nitrogen and oxygen atoms in total. The molecule has 2 aromatic carbocycles. The molecule has 3 rings (SSSR count). The van der Waals surface area contributed by atoms with Gasteiger partial charge in [0.15, 0.2) is 0 Å². The number of nitrogens with zero attached hydrogens (tertiary/aromatic N) is 2. The first kappa shape index (κ1) is 18.6. The SMILES string of the molecule is CCn1c(=O)c(C)nc2cc(C(=O)NCCOc3ccc(C)cc3)ccc21. The normalized spacial score (nSPS) is 10.8. The van der Waals surface area contributed by atoms with Crippen LogP contribution >= 0.6 is 0 Å². The van der Waals surface area contributed by atoms with E-state index in [0.717, 1.165) is 11.3 Å². The van der Waals surface area contributed by atoms with Crippen molar-refractivity contribution in [2.24, 2.45) is 0 Å². The van der Waals surface area contributed by atoms with Crippen LogP contribution in [0, 0.1) is 13.8 Å². The summed E-state index contributed by atoms with van der Waals surface area (Å²) < 4.78 is 7.27. The molecule has 0 saturated heterocycles. The molecule has 0 saturated carbocycles. The lowest BCUT2D eigenvalue weighted by molar-refractivity contribution is 0.0947. The number of aryl methyl sites for hydroxylation is 3. The Bertz CT molecular complexity index is 1020. The summed E-state index contributed by atoms with van der Waals surface area (Å²) in [5.74, 6) is 0.580. The second kappa shape index (κ2) is 8.03. The van der Waals surface area contributed by atoms with Crippen LogP contribution in [0.15, 0.2) is 47.3 Å². The molecule has 0 unspecified atom stereocenters. The molecule has 3 aromatic rings. The molecule has 27 heavy (non-hydrogen) atoms. The number of hydrogen-bond acceptors (Lipinski definition) is 4. The van der Waals surface area contributed by atoms with Gasteiger partial charge >= 0.3 is 0 Å². The molecule has 6 heteroatoms. The van der Waals surface area contributed by atoms with Gasteiger partial charge in [0.25, 0.3) is 11.5 Å². The van der Waals surface area contributed by atoms with E-state index < -0.39 is 0 Å². The highest BCUT2D eigenvalue weighted by Crippen LogP contribution is 2.14. The van der Waals surface area contributed by atoms with Gasteiger partial charge in [0.05, 0.1) is 17.6 Å². The Morgan fingerprint density at radius 2 is 1.89 bits per heavy atom. The lowest BCUT2D eigenvalue weighted by atomic mass is 10.1. The molecule has 0 aliphatic heterocycles. The van der Waals surface area contributed by atoms with E-state index in [-0.39, 0.29) is 11.5 Å². The molecule has 0 fully saturated rings. The molecule has 0 aliphatic rings. The maximum atomic E-state index is 12.4. The number of carbonyl (C=O) groups is 1. The molecule has 0 aliphatic carbocycles. The van der Waals surface area contributed by atoms with Gasteiger partial charge in [-0.15, -0.1) is 0 Å². The van der Waals surface area contributed by atoms with Gasteiger partial charge in [-0.1, -0.05) is 17.7 Å². The molecule has 1 heterocycles. The van der Waals surface area contributed by atoms with Crippen LogP contribution in [0.25, 0.3) is 11.0 Å². The second-order valence-electron chi connectivity index (χ2n) is 6.37. The van der Waals surface area contributed by atoms with Crippen molar-refractivity contribution in [1.29, 1.82) is 0 Å². The van der Waals surface area contributed by atoms with Gasteiger partial charge in [-0.05, 0) is 51.1 Å². The van der Waals surface area contributed by atoms with Crippen LogP contribution < -0.4 is 15.6 Å². The minimum atomic E-state index is -0.196. The zero-order valence-electron chi connectivity index (χ0n) is 15.8. The van der Waals surface area contributed by atoms with Crippen molar-refractivity contribution in [2.75, 3.05) is 13.2 Å². The number of rotatable bonds is 6. The fraction of sp³-hybridized carbons (Fsp3) is 0.286. The number of ether oxygens (including phenoxy) is 1. The van der Waals surface area contributed by atoms with Crippen molar-refractivity contribution >= 4 is 16.9 Å². The van der Waals surface area contributed by atoms with E-state index in [2.05, 4.69) is 10.3 Å². The van der Waals surface area contributed by atoms with Crippen LogP contribution in [0.1, 0.15) is 28.5 Å². The van der Waals surface area contributed by atoms with Crippen molar-refractivity contribution in [2.45, 2.75) is 27.3 Å². The fourth-order valence-electron chi connectivity index (χ4n) is 2.90. The van der Waals surface area contributed by atoms with Crippen molar-refractivity contribution in [3.8, 4) is 5.75 Å². The van der Waals surface area contributed by atoms with Crippen molar-refractivity contribution in [3.63, 3.8) is 0 Å². The van der Waals surface area contributed by atoms with Crippen molar-refractivity contribution < 1.29 is 9.53 Å². The zero-order chi connectivity index (χ0) is 19.4. The van der Waals surface area contributed by atoms with Gasteiger partial charge in [-0.3, -0.25) is 9.59 Å². The van der Waals surface area contributed by atoms with Crippen molar-refractivity contribution in [1.82, 2.24) is 14.9 Å². The maximum absolute atomic E-state index is 12.4. The Morgan fingerprint density at radius 3 is 2.59 bits per heavy atom. The number of amides is 1. The average molecular weight is 365 g/mol. The summed E-state index contributed by atoms with van der Waals surface area (Å²) in [6.45, 7) is 6.95. The second-order valence-corrected chi connectivity index (χ2v) is 6.37. The lowest BCUT2D eigenvalue weighted by Gasteiger charge is -2.11. The van der Waals surface area contributed by atoms with E-state index in [1.165, 1.54) is 5.56 Å². The molecule has 0 bridgehead atoms.